The molecule has 0 amide bonds. The van der Waals surface area contributed by atoms with Crippen molar-refractivity contribution in [2.45, 2.75) is 13.5 Å². The molecule has 2 rings (SSSR count). The van der Waals surface area contributed by atoms with Crippen LogP contribution in [0.2, 0.25) is 5.02 Å². The fraction of sp³-hybridized carbons (Fsp3) is 0.231. The quantitative estimate of drug-likeness (QED) is 0.629. The number of nitro groups is 1. The first kappa shape index (κ1) is 15.0. The van der Waals surface area contributed by atoms with Crippen LogP contribution in [0.3, 0.4) is 0 Å². The van der Waals surface area contributed by atoms with Crippen LogP contribution in [-0.4, -0.2) is 21.4 Å². The molecule has 0 unspecified atom stereocenters. The summed E-state index contributed by atoms with van der Waals surface area (Å²) in [6.07, 6.45) is 1.19. The highest BCUT2D eigenvalue weighted by atomic mass is 35.5. The first-order chi connectivity index (χ1) is 10.1. The zero-order chi connectivity index (χ0) is 15.2. The third-order valence-electron chi connectivity index (χ3n) is 2.67. The molecule has 1 heterocycles. The Morgan fingerprint density at radius 2 is 2.00 bits per heavy atom. The predicted octanol–water partition coefficient (Wildman–Crippen LogP) is 3.08. The van der Waals surface area contributed by atoms with Crippen molar-refractivity contribution in [1.29, 1.82) is 0 Å². The highest BCUT2D eigenvalue weighted by Crippen LogP contribution is 2.22. The van der Waals surface area contributed by atoms with Gasteiger partial charge < -0.3 is 10.6 Å². The fourth-order valence-corrected chi connectivity index (χ4v) is 1.80. The lowest BCUT2D eigenvalue weighted by Crippen LogP contribution is -2.09. The maximum absolute atomic E-state index is 11.0. The third-order valence-corrected chi connectivity index (χ3v) is 2.93. The minimum atomic E-state index is -0.514. The van der Waals surface area contributed by atoms with Gasteiger partial charge in [0.25, 0.3) is 0 Å². The van der Waals surface area contributed by atoms with Crippen molar-refractivity contribution in [1.82, 2.24) is 9.97 Å². The smallest absolute Gasteiger partial charge is 0.329 e. The van der Waals surface area contributed by atoms with E-state index in [2.05, 4.69) is 20.6 Å². The summed E-state index contributed by atoms with van der Waals surface area (Å²) in [4.78, 5) is 18.5. The maximum atomic E-state index is 11.0. The molecule has 110 valence electrons. The molecule has 2 aromatic rings. The van der Waals surface area contributed by atoms with Crippen LogP contribution in [0, 0.1) is 10.1 Å². The van der Waals surface area contributed by atoms with Crippen LogP contribution >= 0.6 is 11.6 Å². The zero-order valence-corrected chi connectivity index (χ0v) is 12.1. The molecule has 0 saturated carbocycles. The van der Waals surface area contributed by atoms with Crippen LogP contribution in [0.25, 0.3) is 0 Å². The standard InChI is InChI=1S/C13H14ClN5O2/c1-2-15-13-17-8-11(19(20)21)12(18-13)16-7-9-3-5-10(14)6-4-9/h3-6,8H,2,7H2,1H3,(H2,15,16,17,18). The Morgan fingerprint density at radius 1 is 1.29 bits per heavy atom. The molecule has 1 aromatic heterocycles. The van der Waals surface area contributed by atoms with Crippen molar-refractivity contribution in [2.75, 3.05) is 17.2 Å². The summed E-state index contributed by atoms with van der Waals surface area (Å²) in [6.45, 7) is 2.93. The minimum Gasteiger partial charge on any atom is -0.360 e. The summed E-state index contributed by atoms with van der Waals surface area (Å²) < 4.78 is 0. The molecule has 0 atom stereocenters. The van der Waals surface area contributed by atoms with Crippen LogP contribution in [0.5, 0.6) is 0 Å². The summed E-state index contributed by atoms with van der Waals surface area (Å²) in [5.41, 5.74) is 0.780. The third kappa shape index (κ3) is 4.03. The van der Waals surface area contributed by atoms with Crippen molar-refractivity contribution in [3.8, 4) is 0 Å². The molecule has 0 aliphatic heterocycles. The van der Waals surface area contributed by atoms with E-state index in [-0.39, 0.29) is 11.5 Å². The number of aromatic nitrogens is 2. The second kappa shape index (κ2) is 6.85. The second-order valence-electron chi connectivity index (χ2n) is 4.19. The molecule has 0 radical (unpaired) electrons. The predicted molar refractivity (Wildman–Crippen MR) is 81.6 cm³/mol. The molecule has 0 bridgehead atoms. The lowest BCUT2D eigenvalue weighted by Gasteiger charge is -2.08. The van der Waals surface area contributed by atoms with Crippen molar-refractivity contribution in [3.63, 3.8) is 0 Å². The number of anilines is 2. The number of benzene rings is 1. The van der Waals surface area contributed by atoms with Crippen molar-refractivity contribution >= 4 is 29.1 Å². The van der Waals surface area contributed by atoms with E-state index in [0.717, 1.165) is 5.56 Å². The normalized spacial score (nSPS) is 10.2. The Kier molecular flexibility index (Phi) is 4.89. The van der Waals surface area contributed by atoms with Gasteiger partial charge in [-0.05, 0) is 24.6 Å². The maximum Gasteiger partial charge on any atom is 0.329 e. The first-order valence-electron chi connectivity index (χ1n) is 6.33. The van der Waals surface area contributed by atoms with Gasteiger partial charge >= 0.3 is 5.69 Å². The molecule has 0 saturated heterocycles. The summed E-state index contributed by atoms with van der Waals surface area (Å²) in [5.74, 6) is 0.530. The summed E-state index contributed by atoms with van der Waals surface area (Å²) in [6, 6.07) is 7.20. The van der Waals surface area contributed by atoms with E-state index in [1.54, 1.807) is 12.1 Å². The SMILES string of the molecule is CCNc1ncc([N+](=O)[O-])c(NCc2ccc(Cl)cc2)n1. The van der Waals surface area contributed by atoms with Crippen molar-refractivity contribution < 1.29 is 4.92 Å². The van der Waals surface area contributed by atoms with E-state index in [1.807, 2.05) is 19.1 Å². The van der Waals surface area contributed by atoms with Gasteiger partial charge in [0, 0.05) is 18.1 Å². The van der Waals surface area contributed by atoms with Gasteiger partial charge in [0.2, 0.25) is 11.8 Å². The molecule has 0 aliphatic carbocycles. The monoisotopic (exact) mass is 307 g/mol. The van der Waals surface area contributed by atoms with E-state index < -0.39 is 4.92 Å². The van der Waals surface area contributed by atoms with Crippen molar-refractivity contribution in [2.24, 2.45) is 0 Å². The molecule has 21 heavy (non-hydrogen) atoms. The Morgan fingerprint density at radius 3 is 2.62 bits per heavy atom. The van der Waals surface area contributed by atoms with E-state index in [4.69, 9.17) is 11.6 Å². The molecule has 1 aromatic carbocycles. The summed E-state index contributed by atoms with van der Waals surface area (Å²) >= 11 is 5.81. The number of hydrogen-bond donors (Lipinski definition) is 2. The molecule has 0 aliphatic rings. The Labute approximate surface area is 126 Å². The largest absolute Gasteiger partial charge is 0.360 e. The van der Waals surface area contributed by atoms with Gasteiger partial charge in [-0.2, -0.15) is 4.98 Å². The van der Waals surface area contributed by atoms with Gasteiger partial charge in [-0.1, -0.05) is 23.7 Å². The number of rotatable bonds is 6. The van der Waals surface area contributed by atoms with Gasteiger partial charge in [0.15, 0.2) is 0 Å². The van der Waals surface area contributed by atoms with Crippen molar-refractivity contribution in [3.05, 3.63) is 51.2 Å². The van der Waals surface area contributed by atoms with Gasteiger partial charge in [-0.15, -0.1) is 0 Å². The highest BCUT2D eigenvalue weighted by molar-refractivity contribution is 6.30. The molecule has 0 spiro atoms. The average Bonchev–Trinajstić information content (AvgIpc) is 2.47. The number of nitrogens with one attached hydrogen (secondary N) is 2. The molecule has 0 fully saturated rings. The second-order valence-corrected chi connectivity index (χ2v) is 4.63. The van der Waals surface area contributed by atoms with E-state index in [9.17, 15) is 10.1 Å². The minimum absolute atomic E-state index is 0.161. The molecular weight excluding hydrogens is 294 g/mol. The Bertz CT molecular complexity index is 633. The Hall–Kier alpha value is -2.41. The first-order valence-corrected chi connectivity index (χ1v) is 6.71. The van der Waals surface area contributed by atoms with Gasteiger partial charge in [0.1, 0.15) is 6.20 Å². The van der Waals surface area contributed by atoms with Crippen LogP contribution in [0.4, 0.5) is 17.5 Å². The van der Waals surface area contributed by atoms with Gasteiger partial charge in [0.05, 0.1) is 4.92 Å². The van der Waals surface area contributed by atoms with E-state index >= 15 is 0 Å². The number of nitrogens with zero attached hydrogens (tertiary/aromatic N) is 3. The van der Waals surface area contributed by atoms with Crippen LogP contribution in [0.1, 0.15) is 12.5 Å². The average molecular weight is 308 g/mol. The summed E-state index contributed by atoms with van der Waals surface area (Å²) in [7, 11) is 0. The lowest BCUT2D eigenvalue weighted by atomic mass is 10.2. The molecular formula is C13H14ClN5O2. The topological polar surface area (TPSA) is 93.0 Å². The van der Waals surface area contributed by atoms with Crippen LogP contribution < -0.4 is 10.6 Å². The summed E-state index contributed by atoms with van der Waals surface area (Å²) in [5, 5.41) is 17.5. The van der Waals surface area contributed by atoms with Gasteiger partial charge in [-0.3, -0.25) is 10.1 Å². The van der Waals surface area contributed by atoms with E-state index in [1.165, 1.54) is 6.20 Å². The van der Waals surface area contributed by atoms with E-state index in [0.29, 0.717) is 24.1 Å². The van der Waals surface area contributed by atoms with Crippen LogP contribution in [0.15, 0.2) is 30.5 Å². The number of hydrogen-bond acceptors (Lipinski definition) is 6. The molecule has 7 nitrogen and oxygen atoms in total. The lowest BCUT2D eigenvalue weighted by molar-refractivity contribution is -0.384. The zero-order valence-electron chi connectivity index (χ0n) is 11.3. The molecule has 2 N–H and O–H groups in total. The fourth-order valence-electron chi connectivity index (χ4n) is 1.67. The number of halogens is 1. The Balaban J connectivity index is 2.18. The molecule has 8 heteroatoms. The van der Waals surface area contributed by atoms with Crippen LogP contribution in [-0.2, 0) is 6.54 Å². The van der Waals surface area contributed by atoms with Gasteiger partial charge in [-0.25, -0.2) is 4.98 Å². The highest BCUT2D eigenvalue weighted by Gasteiger charge is 2.16.